The molecular formula is C9H13NO. The number of primary amides is 1. The molecule has 0 saturated heterocycles. The monoisotopic (exact) mass is 151 g/mol. The van der Waals surface area contributed by atoms with E-state index in [1.54, 1.807) is 0 Å². The molecule has 0 heterocycles. The quantitative estimate of drug-likeness (QED) is 0.634. The van der Waals surface area contributed by atoms with E-state index in [1.165, 1.54) is 0 Å². The van der Waals surface area contributed by atoms with E-state index in [0.717, 1.165) is 6.42 Å². The summed E-state index contributed by atoms with van der Waals surface area (Å²) in [5, 5.41) is 0. The Labute approximate surface area is 66.8 Å². The van der Waals surface area contributed by atoms with Gasteiger partial charge in [-0.1, -0.05) is 31.2 Å². The van der Waals surface area contributed by atoms with E-state index < -0.39 is 0 Å². The molecule has 1 aliphatic carbocycles. The highest BCUT2D eigenvalue weighted by Crippen LogP contribution is 2.20. The van der Waals surface area contributed by atoms with Crippen molar-refractivity contribution in [3.05, 3.63) is 24.3 Å². The molecule has 0 bridgehead atoms. The Bertz CT molecular complexity index is 206. The number of allylic oxidation sites excluding steroid dienone is 4. The summed E-state index contributed by atoms with van der Waals surface area (Å²) in [6.45, 7) is 1.87. The Morgan fingerprint density at radius 1 is 1.64 bits per heavy atom. The first-order valence-electron chi connectivity index (χ1n) is 3.84. The third-order valence-corrected chi connectivity index (χ3v) is 2.10. The summed E-state index contributed by atoms with van der Waals surface area (Å²) in [6.07, 6.45) is 8.98. The molecule has 2 nitrogen and oxygen atoms in total. The van der Waals surface area contributed by atoms with Gasteiger partial charge in [0, 0.05) is 5.92 Å². The van der Waals surface area contributed by atoms with Gasteiger partial charge in [-0.05, 0) is 12.3 Å². The standard InChI is InChI=1S/C9H13NO/c1-7(9(10)11)8-5-3-2-4-6-8/h2-5,7-8H,6H2,1H3,(H2,10,11). The van der Waals surface area contributed by atoms with Gasteiger partial charge in [-0.2, -0.15) is 0 Å². The number of hydrogen-bond donors (Lipinski definition) is 1. The van der Waals surface area contributed by atoms with E-state index >= 15 is 0 Å². The minimum atomic E-state index is -0.213. The number of rotatable bonds is 2. The summed E-state index contributed by atoms with van der Waals surface area (Å²) in [6, 6.07) is 0. The van der Waals surface area contributed by atoms with Gasteiger partial charge in [-0.25, -0.2) is 0 Å². The van der Waals surface area contributed by atoms with Crippen molar-refractivity contribution in [2.45, 2.75) is 13.3 Å². The lowest BCUT2D eigenvalue weighted by molar-refractivity contribution is -0.122. The van der Waals surface area contributed by atoms with Crippen LogP contribution >= 0.6 is 0 Å². The second-order valence-electron chi connectivity index (χ2n) is 2.90. The van der Waals surface area contributed by atoms with Gasteiger partial charge >= 0.3 is 0 Å². The molecule has 2 N–H and O–H groups in total. The van der Waals surface area contributed by atoms with Crippen LogP contribution in [0, 0.1) is 11.8 Å². The Morgan fingerprint density at radius 2 is 2.36 bits per heavy atom. The number of hydrogen-bond acceptors (Lipinski definition) is 1. The van der Waals surface area contributed by atoms with E-state index in [0.29, 0.717) is 5.92 Å². The van der Waals surface area contributed by atoms with Crippen molar-refractivity contribution in [2.24, 2.45) is 17.6 Å². The maximum atomic E-state index is 10.8. The summed E-state index contributed by atoms with van der Waals surface area (Å²) in [4.78, 5) is 10.8. The zero-order valence-corrected chi connectivity index (χ0v) is 6.66. The molecule has 2 atom stereocenters. The van der Waals surface area contributed by atoms with E-state index in [2.05, 4.69) is 6.08 Å². The van der Waals surface area contributed by atoms with Crippen molar-refractivity contribution < 1.29 is 4.79 Å². The lowest BCUT2D eigenvalue weighted by atomic mass is 9.88. The van der Waals surface area contributed by atoms with Gasteiger partial charge in [0.25, 0.3) is 0 Å². The molecule has 0 aromatic carbocycles. The van der Waals surface area contributed by atoms with Crippen LogP contribution in [0.2, 0.25) is 0 Å². The van der Waals surface area contributed by atoms with Gasteiger partial charge in [0.05, 0.1) is 0 Å². The van der Waals surface area contributed by atoms with Crippen LogP contribution in [0.4, 0.5) is 0 Å². The summed E-state index contributed by atoms with van der Waals surface area (Å²) < 4.78 is 0. The van der Waals surface area contributed by atoms with Crippen molar-refractivity contribution in [3.8, 4) is 0 Å². The molecule has 0 aromatic heterocycles. The summed E-state index contributed by atoms with van der Waals surface area (Å²) in [5.74, 6) is 0.0450. The zero-order chi connectivity index (χ0) is 8.27. The predicted molar refractivity (Wildman–Crippen MR) is 44.7 cm³/mol. The minimum Gasteiger partial charge on any atom is -0.369 e. The van der Waals surface area contributed by atoms with Crippen LogP contribution in [-0.2, 0) is 4.79 Å². The Morgan fingerprint density at radius 3 is 2.82 bits per heavy atom. The fourth-order valence-corrected chi connectivity index (χ4v) is 1.18. The van der Waals surface area contributed by atoms with Crippen LogP contribution in [0.25, 0.3) is 0 Å². The van der Waals surface area contributed by atoms with Gasteiger partial charge in [-0.15, -0.1) is 0 Å². The normalized spacial score (nSPS) is 25.0. The average Bonchev–Trinajstić information content (AvgIpc) is 2.05. The number of carbonyl (C=O) groups excluding carboxylic acids is 1. The Kier molecular flexibility index (Phi) is 2.47. The van der Waals surface area contributed by atoms with Gasteiger partial charge in [0.15, 0.2) is 0 Å². The number of amides is 1. The molecule has 1 amide bonds. The number of nitrogens with two attached hydrogens (primary N) is 1. The molecule has 60 valence electrons. The maximum Gasteiger partial charge on any atom is 0.220 e. The van der Waals surface area contributed by atoms with Gasteiger partial charge < -0.3 is 5.73 Å². The largest absolute Gasteiger partial charge is 0.369 e. The van der Waals surface area contributed by atoms with Crippen LogP contribution in [0.3, 0.4) is 0 Å². The molecule has 2 heteroatoms. The smallest absolute Gasteiger partial charge is 0.220 e. The molecule has 0 aromatic rings. The molecule has 0 fully saturated rings. The van der Waals surface area contributed by atoms with Gasteiger partial charge in [-0.3, -0.25) is 4.79 Å². The third-order valence-electron chi connectivity index (χ3n) is 2.10. The van der Waals surface area contributed by atoms with Crippen LogP contribution in [0.15, 0.2) is 24.3 Å². The first-order chi connectivity index (χ1) is 5.22. The second kappa shape index (κ2) is 3.37. The molecule has 0 radical (unpaired) electrons. The zero-order valence-electron chi connectivity index (χ0n) is 6.66. The fourth-order valence-electron chi connectivity index (χ4n) is 1.18. The van der Waals surface area contributed by atoms with Crippen molar-refractivity contribution in [1.82, 2.24) is 0 Å². The van der Waals surface area contributed by atoms with Crippen LogP contribution < -0.4 is 5.73 Å². The van der Waals surface area contributed by atoms with E-state index in [1.807, 2.05) is 25.2 Å². The summed E-state index contributed by atoms with van der Waals surface area (Å²) >= 11 is 0. The van der Waals surface area contributed by atoms with Crippen molar-refractivity contribution in [1.29, 1.82) is 0 Å². The Hall–Kier alpha value is -1.05. The van der Waals surface area contributed by atoms with E-state index in [-0.39, 0.29) is 11.8 Å². The lowest BCUT2D eigenvalue weighted by Gasteiger charge is -2.17. The highest BCUT2D eigenvalue weighted by molar-refractivity contribution is 5.76. The SMILES string of the molecule is CC(C(N)=O)C1C=CC=CC1. The molecule has 0 saturated carbocycles. The lowest BCUT2D eigenvalue weighted by Crippen LogP contribution is -2.26. The summed E-state index contributed by atoms with van der Waals surface area (Å²) in [5.41, 5.74) is 5.17. The van der Waals surface area contributed by atoms with E-state index in [9.17, 15) is 4.79 Å². The van der Waals surface area contributed by atoms with Crippen LogP contribution in [-0.4, -0.2) is 5.91 Å². The highest BCUT2D eigenvalue weighted by atomic mass is 16.1. The van der Waals surface area contributed by atoms with Crippen molar-refractivity contribution in [2.75, 3.05) is 0 Å². The topological polar surface area (TPSA) is 43.1 Å². The van der Waals surface area contributed by atoms with Gasteiger partial charge in [0.1, 0.15) is 0 Å². The minimum absolute atomic E-state index is 0.0452. The maximum absolute atomic E-state index is 10.8. The summed E-state index contributed by atoms with van der Waals surface area (Å²) in [7, 11) is 0. The Balaban J connectivity index is 2.55. The van der Waals surface area contributed by atoms with Crippen molar-refractivity contribution >= 4 is 5.91 Å². The second-order valence-corrected chi connectivity index (χ2v) is 2.90. The fraction of sp³-hybridized carbons (Fsp3) is 0.444. The molecule has 0 spiro atoms. The number of carbonyl (C=O) groups is 1. The predicted octanol–water partition coefficient (Wildman–Crippen LogP) is 1.24. The van der Waals surface area contributed by atoms with E-state index in [4.69, 9.17) is 5.73 Å². The first kappa shape index (κ1) is 8.05. The molecule has 1 rings (SSSR count). The van der Waals surface area contributed by atoms with Crippen molar-refractivity contribution in [3.63, 3.8) is 0 Å². The third kappa shape index (κ3) is 1.93. The molecule has 0 aliphatic heterocycles. The molecule has 11 heavy (non-hydrogen) atoms. The first-order valence-corrected chi connectivity index (χ1v) is 3.84. The molecule has 1 aliphatic rings. The average molecular weight is 151 g/mol. The van der Waals surface area contributed by atoms with Crippen LogP contribution in [0.5, 0.6) is 0 Å². The van der Waals surface area contributed by atoms with Gasteiger partial charge in [0.2, 0.25) is 5.91 Å². The molecule has 2 unspecified atom stereocenters. The highest BCUT2D eigenvalue weighted by Gasteiger charge is 2.18. The molecular weight excluding hydrogens is 138 g/mol. The van der Waals surface area contributed by atoms with Crippen LogP contribution in [0.1, 0.15) is 13.3 Å².